The molecular formula is C17H17NO. The van der Waals surface area contributed by atoms with Crippen molar-refractivity contribution in [3.05, 3.63) is 77.9 Å². The molecular weight excluding hydrogens is 234 g/mol. The summed E-state index contributed by atoms with van der Waals surface area (Å²) in [5.41, 5.74) is 2.26. The largest absolute Gasteiger partial charge is 0.352 e. The Bertz CT molecular complexity index is 532. The summed E-state index contributed by atoms with van der Waals surface area (Å²) in [4.78, 5) is 11.6. The van der Waals surface area contributed by atoms with Gasteiger partial charge in [-0.05, 0) is 23.6 Å². The molecule has 0 aliphatic rings. The van der Waals surface area contributed by atoms with Crippen LogP contribution in [0.25, 0.3) is 6.08 Å². The summed E-state index contributed by atoms with van der Waals surface area (Å²) < 4.78 is 0. The minimum Gasteiger partial charge on any atom is -0.352 e. The lowest BCUT2D eigenvalue weighted by molar-refractivity contribution is -0.116. The minimum absolute atomic E-state index is 0.0558. The van der Waals surface area contributed by atoms with E-state index < -0.39 is 0 Å². The van der Waals surface area contributed by atoms with E-state index in [1.54, 1.807) is 6.08 Å². The van der Waals surface area contributed by atoms with E-state index in [0.29, 0.717) is 6.54 Å². The van der Waals surface area contributed by atoms with Gasteiger partial charge >= 0.3 is 0 Å². The lowest BCUT2D eigenvalue weighted by atomic mass is 10.1. The standard InChI is InChI=1S/C17H17NO/c19-17(12-11-15-7-3-1-4-8-15)18-14-13-16-9-5-2-6-10-16/h1-12H,13-14H2,(H,18,19)/b12-11+. The third-order valence-corrected chi connectivity index (χ3v) is 2.78. The number of carbonyl (C=O) groups is 1. The van der Waals surface area contributed by atoms with Crippen LogP contribution >= 0.6 is 0 Å². The molecule has 0 bridgehead atoms. The van der Waals surface area contributed by atoms with E-state index in [2.05, 4.69) is 17.4 Å². The maximum atomic E-state index is 11.6. The maximum Gasteiger partial charge on any atom is 0.244 e. The summed E-state index contributed by atoms with van der Waals surface area (Å²) in [6.07, 6.45) is 4.24. The molecule has 0 aliphatic heterocycles. The number of hydrogen-bond acceptors (Lipinski definition) is 1. The minimum atomic E-state index is -0.0558. The van der Waals surface area contributed by atoms with Crippen LogP contribution in [0.2, 0.25) is 0 Å². The molecule has 19 heavy (non-hydrogen) atoms. The Hall–Kier alpha value is -2.35. The van der Waals surface area contributed by atoms with E-state index in [-0.39, 0.29) is 5.91 Å². The molecule has 2 heteroatoms. The smallest absolute Gasteiger partial charge is 0.244 e. The van der Waals surface area contributed by atoms with Crippen LogP contribution in [-0.4, -0.2) is 12.5 Å². The predicted molar refractivity (Wildman–Crippen MR) is 78.6 cm³/mol. The van der Waals surface area contributed by atoms with Crippen molar-refractivity contribution < 1.29 is 4.79 Å². The number of amides is 1. The Kier molecular flexibility index (Phi) is 4.94. The fraction of sp³-hybridized carbons (Fsp3) is 0.118. The molecule has 0 saturated carbocycles. The van der Waals surface area contributed by atoms with E-state index in [1.807, 2.05) is 54.6 Å². The van der Waals surface area contributed by atoms with Crippen LogP contribution in [0.4, 0.5) is 0 Å². The lowest BCUT2D eigenvalue weighted by Gasteiger charge is -2.02. The van der Waals surface area contributed by atoms with Gasteiger partial charge in [-0.15, -0.1) is 0 Å². The van der Waals surface area contributed by atoms with E-state index in [9.17, 15) is 4.79 Å². The number of benzene rings is 2. The summed E-state index contributed by atoms with van der Waals surface area (Å²) in [6, 6.07) is 19.9. The molecule has 1 N–H and O–H groups in total. The molecule has 0 unspecified atom stereocenters. The van der Waals surface area contributed by atoms with Crippen molar-refractivity contribution in [3.63, 3.8) is 0 Å². The van der Waals surface area contributed by atoms with Gasteiger partial charge in [-0.25, -0.2) is 0 Å². The second-order valence-electron chi connectivity index (χ2n) is 4.27. The van der Waals surface area contributed by atoms with Crippen molar-refractivity contribution >= 4 is 12.0 Å². The van der Waals surface area contributed by atoms with Gasteiger partial charge in [0.15, 0.2) is 0 Å². The summed E-state index contributed by atoms with van der Waals surface area (Å²) >= 11 is 0. The Labute approximate surface area is 113 Å². The number of carbonyl (C=O) groups excluding carboxylic acids is 1. The molecule has 2 nitrogen and oxygen atoms in total. The molecule has 2 aromatic carbocycles. The molecule has 1 amide bonds. The van der Waals surface area contributed by atoms with Gasteiger partial charge in [0.05, 0.1) is 0 Å². The lowest BCUT2D eigenvalue weighted by Crippen LogP contribution is -2.23. The molecule has 0 heterocycles. The highest BCUT2D eigenvalue weighted by atomic mass is 16.1. The topological polar surface area (TPSA) is 29.1 Å². The number of rotatable bonds is 5. The molecule has 0 fully saturated rings. The molecule has 0 atom stereocenters. The zero-order chi connectivity index (χ0) is 13.3. The van der Waals surface area contributed by atoms with Gasteiger partial charge in [0.2, 0.25) is 5.91 Å². The summed E-state index contributed by atoms with van der Waals surface area (Å²) in [7, 11) is 0. The molecule has 0 spiro atoms. The van der Waals surface area contributed by atoms with Crippen molar-refractivity contribution in [1.82, 2.24) is 5.32 Å². The Balaban J connectivity index is 1.75. The van der Waals surface area contributed by atoms with Crippen molar-refractivity contribution in [3.8, 4) is 0 Å². The molecule has 2 aromatic rings. The average Bonchev–Trinajstić information content (AvgIpc) is 2.47. The zero-order valence-electron chi connectivity index (χ0n) is 10.8. The Morgan fingerprint density at radius 1 is 0.947 bits per heavy atom. The first kappa shape index (κ1) is 13.1. The SMILES string of the molecule is O=C(/C=C/c1ccccc1)NCCc1ccccc1. The molecule has 96 valence electrons. The fourth-order valence-corrected chi connectivity index (χ4v) is 1.77. The predicted octanol–water partition coefficient (Wildman–Crippen LogP) is 3.06. The van der Waals surface area contributed by atoms with Crippen LogP contribution in [0.5, 0.6) is 0 Å². The van der Waals surface area contributed by atoms with E-state index in [1.165, 1.54) is 5.56 Å². The van der Waals surface area contributed by atoms with Crippen LogP contribution in [0.1, 0.15) is 11.1 Å². The van der Waals surface area contributed by atoms with Crippen LogP contribution in [0.15, 0.2) is 66.7 Å². The van der Waals surface area contributed by atoms with Gasteiger partial charge in [0, 0.05) is 12.6 Å². The molecule has 0 aliphatic carbocycles. The van der Waals surface area contributed by atoms with Gasteiger partial charge in [0.1, 0.15) is 0 Å². The maximum absolute atomic E-state index is 11.6. The highest BCUT2D eigenvalue weighted by Gasteiger charge is 1.95. The summed E-state index contributed by atoms with van der Waals surface area (Å²) in [5, 5.41) is 2.88. The Morgan fingerprint density at radius 2 is 1.58 bits per heavy atom. The van der Waals surface area contributed by atoms with E-state index in [0.717, 1.165) is 12.0 Å². The van der Waals surface area contributed by atoms with E-state index >= 15 is 0 Å². The first-order chi connectivity index (χ1) is 9.34. The molecule has 2 rings (SSSR count). The number of hydrogen-bond donors (Lipinski definition) is 1. The van der Waals surface area contributed by atoms with Crippen molar-refractivity contribution in [2.75, 3.05) is 6.54 Å². The normalized spacial score (nSPS) is 10.5. The fourth-order valence-electron chi connectivity index (χ4n) is 1.77. The molecule has 0 radical (unpaired) electrons. The second-order valence-corrected chi connectivity index (χ2v) is 4.27. The highest BCUT2D eigenvalue weighted by Crippen LogP contribution is 2.01. The van der Waals surface area contributed by atoms with Gasteiger partial charge in [-0.1, -0.05) is 60.7 Å². The van der Waals surface area contributed by atoms with Gasteiger partial charge < -0.3 is 5.32 Å². The van der Waals surface area contributed by atoms with Gasteiger partial charge in [-0.3, -0.25) is 4.79 Å². The van der Waals surface area contributed by atoms with Gasteiger partial charge in [-0.2, -0.15) is 0 Å². The number of nitrogens with one attached hydrogen (secondary N) is 1. The Morgan fingerprint density at radius 3 is 2.26 bits per heavy atom. The van der Waals surface area contributed by atoms with E-state index in [4.69, 9.17) is 0 Å². The zero-order valence-corrected chi connectivity index (χ0v) is 10.8. The third-order valence-electron chi connectivity index (χ3n) is 2.78. The average molecular weight is 251 g/mol. The van der Waals surface area contributed by atoms with Crippen LogP contribution in [-0.2, 0) is 11.2 Å². The highest BCUT2D eigenvalue weighted by molar-refractivity contribution is 5.91. The molecule has 0 aromatic heterocycles. The first-order valence-corrected chi connectivity index (χ1v) is 6.39. The van der Waals surface area contributed by atoms with Crippen molar-refractivity contribution in [2.45, 2.75) is 6.42 Å². The van der Waals surface area contributed by atoms with Crippen molar-refractivity contribution in [2.24, 2.45) is 0 Å². The first-order valence-electron chi connectivity index (χ1n) is 6.39. The van der Waals surface area contributed by atoms with Crippen LogP contribution in [0, 0.1) is 0 Å². The second kappa shape index (κ2) is 7.17. The third kappa shape index (κ3) is 4.80. The monoisotopic (exact) mass is 251 g/mol. The quantitative estimate of drug-likeness (QED) is 0.813. The van der Waals surface area contributed by atoms with Crippen LogP contribution in [0.3, 0.4) is 0 Å². The van der Waals surface area contributed by atoms with Crippen molar-refractivity contribution in [1.29, 1.82) is 0 Å². The molecule has 0 saturated heterocycles. The van der Waals surface area contributed by atoms with Crippen LogP contribution < -0.4 is 5.32 Å². The summed E-state index contributed by atoms with van der Waals surface area (Å²) in [5.74, 6) is -0.0558. The van der Waals surface area contributed by atoms with Gasteiger partial charge in [0.25, 0.3) is 0 Å². The summed E-state index contributed by atoms with van der Waals surface area (Å²) in [6.45, 7) is 0.655.